The van der Waals surface area contributed by atoms with Crippen molar-refractivity contribution in [2.75, 3.05) is 52.4 Å². The van der Waals surface area contributed by atoms with Gasteiger partial charge in [0.05, 0.1) is 6.54 Å². The number of hydrogen-bond donors (Lipinski definition) is 0. The van der Waals surface area contributed by atoms with Crippen LogP contribution in [0.25, 0.3) is 0 Å². The maximum absolute atomic E-state index is 12.8. The molecule has 2 aliphatic rings. The van der Waals surface area contributed by atoms with Crippen molar-refractivity contribution < 1.29 is 14.3 Å². The Morgan fingerprint density at radius 3 is 2.21 bits per heavy atom. The predicted octanol–water partition coefficient (Wildman–Crippen LogP) is 3.45. The van der Waals surface area contributed by atoms with Gasteiger partial charge >= 0.3 is 5.97 Å². The first-order chi connectivity index (χ1) is 15.6. The van der Waals surface area contributed by atoms with E-state index in [9.17, 15) is 9.59 Å². The molecule has 2 fully saturated rings. The topological polar surface area (TPSA) is 53.1 Å². The number of hydrogen-bond acceptors (Lipinski definition) is 6. The summed E-state index contributed by atoms with van der Waals surface area (Å²) in [5.41, 5.74) is 0.158. The molecule has 1 atom stereocenters. The number of benzene rings is 1. The second kappa shape index (κ2) is 11.1. The van der Waals surface area contributed by atoms with Crippen LogP contribution in [0.15, 0.2) is 30.3 Å². The Bertz CT molecular complexity index is 780. The van der Waals surface area contributed by atoms with Crippen LogP contribution in [0.1, 0.15) is 53.0 Å². The second-order valence-corrected chi connectivity index (χ2v) is 11.3. The molecule has 184 valence electrons. The molecule has 0 aromatic heterocycles. The van der Waals surface area contributed by atoms with E-state index >= 15 is 0 Å². The molecule has 1 aromatic rings. The minimum absolute atomic E-state index is 0.145. The summed E-state index contributed by atoms with van der Waals surface area (Å²) in [5, 5.41) is 0. The molecule has 0 N–H and O–H groups in total. The highest BCUT2D eigenvalue weighted by Gasteiger charge is 2.40. The summed E-state index contributed by atoms with van der Waals surface area (Å²) in [6.07, 6.45) is 2.29. The zero-order chi connectivity index (χ0) is 24.1. The van der Waals surface area contributed by atoms with E-state index in [1.807, 2.05) is 65.0 Å². The van der Waals surface area contributed by atoms with Crippen LogP contribution < -0.4 is 0 Å². The molecule has 0 radical (unpaired) electrons. The van der Waals surface area contributed by atoms with Gasteiger partial charge in [0.2, 0.25) is 0 Å². The van der Waals surface area contributed by atoms with Crippen molar-refractivity contribution in [1.29, 1.82) is 0 Å². The summed E-state index contributed by atoms with van der Waals surface area (Å²) in [4.78, 5) is 32.2. The van der Waals surface area contributed by atoms with Crippen LogP contribution in [0.3, 0.4) is 0 Å². The van der Waals surface area contributed by atoms with Gasteiger partial charge in [-0.3, -0.25) is 19.4 Å². The van der Waals surface area contributed by atoms with Crippen molar-refractivity contribution in [3.63, 3.8) is 0 Å². The SMILES string of the molecule is CC(C)(C)C(=O)CN1CCN(CCC2CCN(C(C)(C)C(=O)OCc3ccccc3)C2)CC1. The van der Waals surface area contributed by atoms with E-state index < -0.39 is 5.54 Å². The molecule has 2 aliphatic heterocycles. The molecule has 1 aromatic carbocycles. The third-order valence-electron chi connectivity index (χ3n) is 7.31. The molecular weight excluding hydrogens is 414 g/mol. The Labute approximate surface area is 200 Å². The molecule has 0 aliphatic carbocycles. The molecule has 33 heavy (non-hydrogen) atoms. The Balaban J connectivity index is 1.37. The Kier molecular flexibility index (Phi) is 8.70. The van der Waals surface area contributed by atoms with E-state index in [0.29, 0.717) is 24.9 Å². The normalized spacial score (nSPS) is 21.3. The van der Waals surface area contributed by atoms with E-state index in [1.54, 1.807) is 0 Å². The number of rotatable bonds is 9. The summed E-state index contributed by atoms with van der Waals surface area (Å²) in [6.45, 7) is 17.9. The van der Waals surface area contributed by atoms with Crippen LogP contribution in [-0.2, 0) is 20.9 Å². The number of likely N-dealkylation sites (tertiary alicyclic amines) is 1. The van der Waals surface area contributed by atoms with Gasteiger partial charge in [0.1, 0.15) is 12.1 Å². The standard InChI is InChI=1S/C27H43N3O3/c1-26(2,3)24(31)20-29-17-15-28(16-18-29)13-11-22-12-14-30(19-22)27(4,5)25(32)33-21-23-9-7-6-8-10-23/h6-10,22H,11-21H2,1-5H3. The van der Waals surface area contributed by atoms with E-state index in [0.717, 1.165) is 64.2 Å². The largest absolute Gasteiger partial charge is 0.459 e. The highest BCUT2D eigenvalue weighted by Crippen LogP contribution is 2.28. The van der Waals surface area contributed by atoms with Gasteiger partial charge in [-0.1, -0.05) is 51.1 Å². The van der Waals surface area contributed by atoms with Crippen LogP contribution in [0.5, 0.6) is 0 Å². The van der Waals surface area contributed by atoms with Gasteiger partial charge in [0.25, 0.3) is 0 Å². The van der Waals surface area contributed by atoms with Gasteiger partial charge in [-0.25, -0.2) is 0 Å². The van der Waals surface area contributed by atoms with Gasteiger partial charge in [-0.15, -0.1) is 0 Å². The zero-order valence-corrected chi connectivity index (χ0v) is 21.3. The van der Waals surface area contributed by atoms with E-state index in [1.165, 1.54) is 0 Å². The number of carbonyl (C=O) groups is 2. The molecule has 6 heteroatoms. The van der Waals surface area contributed by atoms with Crippen molar-refractivity contribution in [3.05, 3.63) is 35.9 Å². The van der Waals surface area contributed by atoms with Crippen LogP contribution in [0.4, 0.5) is 0 Å². The first kappa shape index (κ1) is 25.9. The second-order valence-electron chi connectivity index (χ2n) is 11.3. The third-order valence-corrected chi connectivity index (χ3v) is 7.31. The number of Topliss-reactive ketones (excluding diaryl/α,β-unsaturated/α-hetero) is 1. The summed E-state index contributed by atoms with van der Waals surface area (Å²) in [7, 11) is 0. The number of nitrogens with zero attached hydrogens (tertiary/aromatic N) is 3. The van der Waals surface area contributed by atoms with E-state index in [4.69, 9.17) is 4.74 Å². The first-order valence-corrected chi connectivity index (χ1v) is 12.5. The molecule has 6 nitrogen and oxygen atoms in total. The van der Waals surface area contributed by atoms with Gasteiger partial charge in [-0.05, 0) is 51.3 Å². The van der Waals surface area contributed by atoms with Crippen molar-refractivity contribution in [2.45, 2.75) is 59.6 Å². The fourth-order valence-corrected chi connectivity index (χ4v) is 4.58. The minimum Gasteiger partial charge on any atom is -0.459 e. The van der Waals surface area contributed by atoms with Gasteiger partial charge in [0.15, 0.2) is 5.78 Å². The monoisotopic (exact) mass is 457 g/mol. The average Bonchev–Trinajstić information content (AvgIpc) is 3.27. The Hall–Kier alpha value is -1.76. The van der Waals surface area contributed by atoms with Crippen LogP contribution in [0.2, 0.25) is 0 Å². The molecule has 1 unspecified atom stereocenters. The summed E-state index contributed by atoms with van der Waals surface area (Å²) in [6, 6.07) is 9.85. The number of esters is 1. The summed E-state index contributed by atoms with van der Waals surface area (Å²) >= 11 is 0. The zero-order valence-electron chi connectivity index (χ0n) is 21.3. The fourth-order valence-electron chi connectivity index (χ4n) is 4.58. The maximum Gasteiger partial charge on any atom is 0.326 e. The van der Waals surface area contributed by atoms with Crippen LogP contribution >= 0.6 is 0 Å². The fraction of sp³-hybridized carbons (Fsp3) is 0.704. The average molecular weight is 458 g/mol. The summed E-state index contributed by atoms with van der Waals surface area (Å²) in [5.74, 6) is 0.798. The minimum atomic E-state index is -0.602. The lowest BCUT2D eigenvalue weighted by atomic mass is 9.90. The molecule has 2 saturated heterocycles. The molecule has 0 saturated carbocycles. The molecular formula is C27H43N3O3. The van der Waals surface area contributed by atoms with Crippen LogP contribution in [-0.4, -0.2) is 84.3 Å². The number of carbonyl (C=O) groups excluding carboxylic acids is 2. The maximum atomic E-state index is 12.8. The highest BCUT2D eigenvalue weighted by atomic mass is 16.5. The van der Waals surface area contributed by atoms with E-state index in [-0.39, 0.29) is 11.4 Å². The molecule has 0 bridgehead atoms. The predicted molar refractivity (Wildman–Crippen MR) is 132 cm³/mol. The van der Waals surface area contributed by atoms with E-state index in [2.05, 4.69) is 14.7 Å². The van der Waals surface area contributed by atoms with Gasteiger partial charge in [-0.2, -0.15) is 0 Å². The van der Waals surface area contributed by atoms with Crippen molar-refractivity contribution in [2.24, 2.45) is 11.3 Å². The number of ketones is 1. The lowest BCUT2D eigenvalue weighted by Gasteiger charge is -2.36. The molecule has 0 spiro atoms. The quantitative estimate of drug-likeness (QED) is 0.530. The number of piperazine rings is 1. The van der Waals surface area contributed by atoms with Gasteiger partial charge in [0, 0.05) is 38.1 Å². The van der Waals surface area contributed by atoms with Crippen molar-refractivity contribution in [3.8, 4) is 0 Å². The highest BCUT2D eigenvalue weighted by molar-refractivity contribution is 5.85. The van der Waals surface area contributed by atoms with Crippen molar-refractivity contribution >= 4 is 11.8 Å². The molecule has 2 heterocycles. The smallest absolute Gasteiger partial charge is 0.326 e. The molecule has 0 amide bonds. The lowest BCUT2D eigenvalue weighted by molar-refractivity contribution is -0.157. The van der Waals surface area contributed by atoms with Crippen LogP contribution in [0, 0.1) is 11.3 Å². The lowest BCUT2D eigenvalue weighted by Crippen LogP contribution is -2.50. The molecule has 3 rings (SSSR count). The first-order valence-electron chi connectivity index (χ1n) is 12.5. The number of ether oxygens (including phenoxy) is 1. The van der Waals surface area contributed by atoms with Gasteiger partial charge < -0.3 is 9.64 Å². The third kappa shape index (κ3) is 7.36. The Morgan fingerprint density at radius 2 is 1.58 bits per heavy atom. The van der Waals surface area contributed by atoms with Crippen molar-refractivity contribution in [1.82, 2.24) is 14.7 Å². The Morgan fingerprint density at radius 1 is 0.939 bits per heavy atom. The summed E-state index contributed by atoms with van der Waals surface area (Å²) < 4.78 is 5.64.